The van der Waals surface area contributed by atoms with Crippen molar-refractivity contribution < 1.29 is 13.9 Å². The molecular weight excluding hydrogens is 231 g/mol. The number of rotatable bonds is 4. The van der Waals surface area contributed by atoms with Gasteiger partial charge in [-0.25, -0.2) is 4.39 Å². The normalized spacial score (nSPS) is 10.1. The fraction of sp³-hybridized carbons (Fsp3) is 0.133. The van der Waals surface area contributed by atoms with Crippen molar-refractivity contribution in [3.05, 3.63) is 59.9 Å². The maximum Gasteiger partial charge on any atom is 0.162 e. The van der Waals surface area contributed by atoms with E-state index in [1.54, 1.807) is 36.4 Å². The summed E-state index contributed by atoms with van der Waals surface area (Å²) in [5, 5.41) is 0. The second-order valence-corrected chi connectivity index (χ2v) is 3.86. The number of hydrogen-bond acceptors (Lipinski definition) is 2. The van der Waals surface area contributed by atoms with Crippen LogP contribution in [0.4, 0.5) is 4.39 Å². The van der Waals surface area contributed by atoms with Crippen molar-refractivity contribution in [2.24, 2.45) is 0 Å². The molecule has 0 radical (unpaired) electrons. The lowest BCUT2D eigenvalue weighted by atomic mass is 10.1. The molecule has 92 valence electrons. The second kappa shape index (κ2) is 5.45. The van der Waals surface area contributed by atoms with Gasteiger partial charge in [0.1, 0.15) is 17.3 Å². The molecule has 0 saturated carbocycles. The van der Waals surface area contributed by atoms with Crippen LogP contribution in [0.3, 0.4) is 0 Å². The minimum atomic E-state index is -0.353. The van der Waals surface area contributed by atoms with Gasteiger partial charge in [0.05, 0.1) is 0 Å². The predicted molar refractivity (Wildman–Crippen MR) is 67.5 cm³/mol. The van der Waals surface area contributed by atoms with Gasteiger partial charge in [0.15, 0.2) is 5.78 Å². The molecular formula is C15H13FO2. The lowest BCUT2D eigenvalue weighted by Gasteiger charge is -2.06. The Bertz CT molecular complexity index is 564. The van der Waals surface area contributed by atoms with Crippen LogP contribution in [0.2, 0.25) is 0 Å². The average molecular weight is 244 g/mol. The third-order valence-electron chi connectivity index (χ3n) is 2.51. The van der Waals surface area contributed by atoms with Crippen LogP contribution in [0.5, 0.6) is 11.5 Å². The van der Waals surface area contributed by atoms with Gasteiger partial charge in [-0.2, -0.15) is 0 Å². The Labute approximate surface area is 105 Å². The van der Waals surface area contributed by atoms with Gasteiger partial charge >= 0.3 is 0 Å². The number of Topliss-reactive ketones (excluding diaryl/α,β-unsaturated/α-hetero) is 1. The van der Waals surface area contributed by atoms with Gasteiger partial charge in [-0.15, -0.1) is 0 Å². The lowest BCUT2D eigenvalue weighted by molar-refractivity contribution is 0.0988. The summed E-state index contributed by atoms with van der Waals surface area (Å²) in [5.41, 5.74) is 0.603. The highest BCUT2D eigenvalue weighted by Crippen LogP contribution is 2.23. The zero-order valence-electron chi connectivity index (χ0n) is 10.0. The van der Waals surface area contributed by atoms with Crippen LogP contribution in [0.15, 0.2) is 48.5 Å². The summed E-state index contributed by atoms with van der Waals surface area (Å²) in [6, 6.07) is 12.8. The predicted octanol–water partition coefficient (Wildman–Crippen LogP) is 4.21. The molecule has 0 amide bonds. The molecule has 3 heteroatoms. The Morgan fingerprint density at radius 3 is 2.44 bits per heavy atom. The van der Waals surface area contributed by atoms with E-state index < -0.39 is 0 Å². The minimum Gasteiger partial charge on any atom is -0.457 e. The van der Waals surface area contributed by atoms with E-state index in [-0.39, 0.29) is 11.6 Å². The Balaban J connectivity index is 2.22. The third-order valence-corrected chi connectivity index (χ3v) is 2.51. The zero-order chi connectivity index (χ0) is 13.0. The first kappa shape index (κ1) is 12.3. The Kier molecular flexibility index (Phi) is 3.72. The van der Waals surface area contributed by atoms with Crippen molar-refractivity contribution in [3.8, 4) is 11.5 Å². The fourth-order valence-corrected chi connectivity index (χ4v) is 1.60. The van der Waals surface area contributed by atoms with E-state index in [0.29, 0.717) is 23.5 Å². The van der Waals surface area contributed by atoms with Crippen LogP contribution >= 0.6 is 0 Å². The number of benzene rings is 2. The summed E-state index contributed by atoms with van der Waals surface area (Å²) in [6.45, 7) is 1.81. The maximum absolute atomic E-state index is 13.0. The summed E-state index contributed by atoms with van der Waals surface area (Å²) in [7, 11) is 0. The molecule has 2 aromatic carbocycles. The van der Waals surface area contributed by atoms with Crippen LogP contribution < -0.4 is 4.74 Å². The molecule has 0 aliphatic carbocycles. The van der Waals surface area contributed by atoms with Gasteiger partial charge in [-0.1, -0.05) is 25.1 Å². The summed E-state index contributed by atoms with van der Waals surface area (Å²) in [5.74, 6) is 0.643. The van der Waals surface area contributed by atoms with Crippen molar-refractivity contribution in [1.29, 1.82) is 0 Å². The topological polar surface area (TPSA) is 26.3 Å². The molecule has 0 aliphatic rings. The molecule has 0 spiro atoms. The van der Waals surface area contributed by atoms with Gasteiger partial charge in [-0.05, 0) is 24.3 Å². The highest BCUT2D eigenvalue weighted by Gasteiger charge is 2.05. The van der Waals surface area contributed by atoms with E-state index >= 15 is 0 Å². The molecule has 0 atom stereocenters. The highest BCUT2D eigenvalue weighted by molar-refractivity contribution is 5.96. The van der Waals surface area contributed by atoms with Crippen LogP contribution in [-0.2, 0) is 0 Å². The van der Waals surface area contributed by atoms with Gasteiger partial charge in [-0.3, -0.25) is 4.79 Å². The molecule has 0 aliphatic heterocycles. The SMILES string of the molecule is CCC(=O)c1cccc(Oc2cccc(F)c2)c1. The van der Waals surface area contributed by atoms with Crippen molar-refractivity contribution in [3.63, 3.8) is 0 Å². The number of hydrogen-bond donors (Lipinski definition) is 0. The fourth-order valence-electron chi connectivity index (χ4n) is 1.60. The Morgan fingerprint density at radius 1 is 1.11 bits per heavy atom. The largest absolute Gasteiger partial charge is 0.457 e. The number of ketones is 1. The van der Waals surface area contributed by atoms with E-state index in [0.717, 1.165) is 0 Å². The van der Waals surface area contributed by atoms with Crippen LogP contribution in [-0.4, -0.2) is 5.78 Å². The van der Waals surface area contributed by atoms with Crippen molar-refractivity contribution in [2.75, 3.05) is 0 Å². The molecule has 0 aromatic heterocycles. The molecule has 0 unspecified atom stereocenters. The molecule has 0 fully saturated rings. The van der Waals surface area contributed by atoms with Gasteiger partial charge in [0.2, 0.25) is 0 Å². The minimum absolute atomic E-state index is 0.0553. The first-order chi connectivity index (χ1) is 8.69. The summed E-state index contributed by atoms with van der Waals surface area (Å²) in [6.07, 6.45) is 0.448. The number of carbonyl (C=O) groups excluding carboxylic acids is 1. The van der Waals surface area contributed by atoms with E-state index in [9.17, 15) is 9.18 Å². The number of halogens is 1. The molecule has 18 heavy (non-hydrogen) atoms. The molecule has 0 saturated heterocycles. The quantitative estimate of drug-likeness (QED) is 0.753. The van der Waals surface area contributed by atoms with E-state index in [2.05, 4.69) is 0 Å². The van der Waals surface area contributed by atoms with E-state index in [1.807, 2.05) is 6.92 Å². The first-order valence-electron chi connectivity index (χ1n) is 5.75. The molecule has 2 nitrogen and oxygen atoms in total. The maximum atomic E-state index is 13.0. The molecule has 0 bridgehead atoms. The molecule has 2 rings (SSSR count). The lowest BCUT2D eigenvalue weighted by Crippen LogP contribution is -1.96. The summed E-state index contributed by atoms with van der Waals surface area (Å²) < 4.78 is 18.5. The highest BCUT2D eigenvalue weighted by atomic mass is 19.1. The van der Waals surface area contributed by atoms with Crippen LogP contribution in [0, 0.1) is 5.82 Å². The van der Waals surface area contributed by atoms with Crippen LogP contribution in [0.25, 0.3) is 0 Å². The Morgan fingerprint density at radius 2 is 1.78 bits per heavy atom. The van der Waals surface area contributed by atoms with E-state index in [1.165, 1.54) is 12.1 Å². The smallest absolute Gasteiger partial charge is 0.162 e. The van der Waals surface area contributed by atoms with Gasteiger partial charge in [0.25, 0.3) is 0 Å². The molecule has 2 aromatic rings. The van der Waals surface area contributed by atoms with Crippen molar-refractivity contribution >= 4 is 5.78 Å². The number of carbonyl (C=O) groups is 1. The standard InChI is InChI=1S/C15H13FO2/c1-2-15(17)11-5-3-7-13(9-11)18-14-8-4-6-12(16)10-14/h3-10H,2H2,1H3. The van der Waals surface area contributed by atoms with Crippen molar-refractivity contribution in [1.82, 2.24) is 0 Å². The van der Waals surface area contributed by atoms with Gasteiger partial charge < -0.3 is 4.74 Å². The molecule has 0 heterocycles. The van der Waals surface area contributed by atoms with Crippen LogP contribution in [0.1, 0.15) is 23.7 Å². The summed E-state index contributed by atoms with van der Waals surface area (Å²) >= 11 is 0. The van der Waals surface area contributed by atoms with Crippen molar-refractivity contribution in [2.45, 2.75) is 13.3 Å². The van der Waals surface area contributed by atoms with E-state index in [4.69, 9.17) is 4.74 Å². The monoisotopic (exact) mass is 244 g/mol. The Hall–Kier alpha value is -2.16. The average Bonchev–Trinajstić information content (AvgIpc) is 2.38. The molecule has 0 N–H and O–H groups in total. The zero-order valence-corrected chi connectivity index (χ0v) is 10.0. The second-order valence-electron chi connectivity index (χ2n) is 3.86. The third kappa shape index (κ3) is 2.94. The first-order valence-corrected chi connectivity index (χ1v) is 5.75. The summed E-state index contributed by atoms with van der Waals surface area (Å²) in [4.78, 5) is 11.6. The van der Waals surface area contributed by atoms with Gasteiger partial charge in [0, 0.05) is 18.1 Å². The number of ether oxygens (including phenoxy) is 1.